The molecule has 2 unspecified atom stereocenters. The van der Waals surface area contributed by atoms with Gasteiger partial charge in [-0.3, -0.25) is 0 Å². The van der Waals surface area contributed by atoms with Crippen molar-refractivity contribution in [2.75, 3.05) is 0 Å². The van der Waals surface area contributed by atoms with Gasteiger partial charge >= 0.3 is 0 Å². The first kappa shape index (κ1) is 12.7. The number of aromatic hydroxyl groups is 3. The van der Waals surface area contributed by atoms with Crippen molar-refractivity contribution in [2.45, 2.75) is 25.4 Å². The average Bonchev–Trinajstić information content (AvgIpc) is 2.41. The summed E-state index contributed by atoms with van der Waals surface area (Å²) in [5.41, 5.74) is 1.63. The van der Waals surface area contributed by atoms with Gasteiger partial charge in [-0.2, -0.15) is 0 Å². The molecule has 1 heterocycles. The quantitative estimate of drug-likeness (QED) is 0.696. The van der Waals surface area contributed by atoms with Crippen molar-refractivity contribution in [3.05, 3.63) is 47.5 Å². The molecule has 0 saturated carbocycles. The summed E-state index contributed by atoms with van der Waals surface area (Å²) in [6.45, 7) is 2.04. The predicted molar refractivity (Wildman–Crippen MR) is 74.3 cm³/mol. The van der Waals surface area contributed by atoms with Crippen molar-refractivity contribution in [2.24, 2.45) is 0 Å². The van der Waals surface area contributed by atoms with Crippen LogP contribution in [0.2, 0.25) is 0 Å². The zero-order valence-corrected chi connectivity index (χ0v) is 11.1. The largest absolute Gasteiger partial charge is 0.508 e. The summed E-state index contributed by atoms with van der Waals surface area (Å²) >= 11 is 0. The van der Waals surface area contributed by atoms with E-state index in [1.165, 1.54) is 12.1 Å². The van der Waals surface area contributed by atoms with E-state index in [2.05, 4.69) is 0 Å². The van der Waals surface area contributed by atoms with Crippen molar-refractivity contribution in [3.63, 3.8) is 0 Å². The summed E-state index contributed by atoms with van der Waals surface area (Å²) in [5.74, 6) is 0.778. The summed E-state index contributed by atoms with van der Waals surface area (Å²) < 4.78 is 5.91. The SMILES string of the molecule is CC1CC(c2ccc(O)c(O)c2)Oc2cccc(O)c21. The molecule has 0 aliphatic carbocycles. The summed E-state index contributed by atoms with van der Waals surface area (Å²) in [4.78, 5) is 0. The van der Waals surface area contributed by atoms with Crippen LogP contribution in [0.5, 0.6) is 23.0 Å². The summed E-state index contributed by atoms with van der Waals surface area (Å²) in [7, 11) is 0. The summed E-state index contributed by atoms with van der Waals surface area (Å²) in [6.07, 6.45) is 0.500. The van der Waals surface area contributed by atoms with Crippen LogP contribution in [0, 0.1) is 0 Å². The molecule has 104 valence electrons. The fourth-order valence-electron chi connectivity index (χ4n) is 2.72. The van der Waals surface area contributed by atoms with E-state index >= 15 is 0 Å². The molecule has 0 aromatic heterocycles. The minimum absolute atomic E-state index is 0.143. The Morgan fingerprint density at radius 1 is 1.00 bits per heavy atom. The van der Waals surface area contributed by atoms with E-state index in [-0.39, 0.29) is 29.3 Å². The fourth-order valence-corrected chi connectivity index (χ4v) is 2.72. The molecule has 4 heteroatoms. The first-order valence-electron chi connectivity index (χ1n) is 6.56. The Kier molecular flexibility index (Phi) is 2.93. The van der Waals surface area contributed by atoms with Crippen molar-refractivity contribution in [1.82, 2.24) is 0 Å². The molecular weight excluding hydrogens is 256 g/mol. The van der Waals surface area contributed by atoms with Gasteiger partial charge in [-0.1, -0.05) is 19.1 Å². The van der Waals surface area contributed by atoms with Gasteiger partial charge in [-0.05, 0) is 42.2 Å². The number of rotatable bonds is 1. The van der Waals surface area contributed by atoms with E-state index in [1.807, 2.05) is 13.0 Å². The molecule has 0 bridgehead atoms. The molecule has 0 spiro atoms. The molecule has 3 N–H and O–H groups in total. The normalized spacial score (nSPS) is 21.1. The zero-order chi connectivity index (χ0) is 14.3. The summed E-state index contributed by atoms with van der Waals surface area (Å²) in [5, 5.41) is 28.9. The Labute approximate surface area is 116 Å². The van der Waals surface area contributed by atoms with Crippen LogP contribution in [-0.4, -0.2) is 15.3 Å². The maximum atomic E-state index is 9.91. The van der Waals surface area contributed by atoms with Gasteiger partial charge in [0.05, 0.1) is 0 Å². The van der Waals surface area contributed by atoms with E-state index < -0.39 is 0 Å². The summed E-state index contributed by atoms with van der Waals surface area (Å²) in [6, 6.07) is 9.94. The Bertz CT molecular complexity index is 651. The molecule has 0 amide bonds. The standard InChI is InChI=1S/C16H16O4/c1-9-7-15(10-5-6-11(17)13(19)8-10)20-14-4-2-3-12(18)16(9)14/h2-6,8-9,15,17-19H,7H2,1H3. The van der Waals surface area contributed by atoms with Gasteiger partial charge in [0, 0.05) is 5.56 Å². The number of phenolic OH excluding ortho intramolecular Hbond substituents is 3. The van der Waals surface area contributed by atoms with Gasteiger partial charge in [0.25, 0.3) is 0 Å². The molecule has 4 nitrogen and oxygen atoms in total. The highest BCUT2D eigenvalue weighted by Gasteiger charge is 2.29. The van der Waals surface area contributed by atoms with Gasteiger partial charge in [-0.15, -0.1) is 0 Å². The Morgan fingerprint density at radius 3 is 2.55 bits per heavy atom. The van der Waals surface area contributed by atoms with Crippen LogP contribution in [0.3, 0.4) is 0 Å². The zero-order valence-electron chi connectivity index (χ0n) is 11.1. The van der Waals surface area contributed by atoms with Crippen LogP contribution in [-0.2, 0) is 0 Å². The second kappa shape index (κ2) is 4.63. The Morgan fingerprint density at radius 2 is 1.80 bits per heavy atom. The van der Waals surface area contributed by atoms with Crippen LogP contribution < -0.4 is 4.74 Å². The highest BCUT2D eigenvalue weighted by Crippen LogP contribution is 2.46. The van der Waals surface area contributed by atoms with Gasteiger partial charge in [0.15, 0.2) is 11.5 Å². The molecule has 20 heavy (non-hydrogen) atoms. The minimum Gasteiger partial charge on any atom is -0.508 e. The lowest BCUT2D eigenvalue weighted by molar-refractivity contribution is 0.161. The molecule has 2 aromatic rings. The second-order valence-corrected chi connectivity index (χ2v) is 5.18. The molecule has 2 atom stereocenters. The molecular formula is C16H16O4. The molecule has 0 saturated heterocycles. The Hall–Kier alpha value is -2.36. The fraction of sp³-hybridized carbons (Fsp3) is 0.250. The van der Waals surface area contributed by atoms with Crippen molar-refractivity contribution < 1.29 is 20.1 Å². The average molecular weight is 272 g/mol. The van der Waals surface area contributed by atoms with Crippen LogP contribution in [0.4, 0.5) is 0 Å². The number of benzene rings is 2. The lowest BCUT2D eigenvalue weighted by atomic mass is 9.88. The highest BCUT2D eigenvalue weighted by molar-refractivity contribution is 5.49. The van der Waals surface area contributed by atoms with Crippen molar-refractivity contribution in [1.29, 1.82) is 0 Å². The van der Waals surface area contributed by atoms with Gasteiger partial charge < -0.3 is 20.1 Å². The van der Waals surface area contributed by atoms with E-state index in [4.69, 9.17) is 4.74 Å². The molecule has 1 aliphatic heterocycles. The van der Waals surface area contributed by atoms with Crippen LogP contribution in [0.1, 0.15) is 36.5 Å². The smallest absolute Gasteiger partial charge is 0.157 e. The van der Waals surface area contributed by atoms with Crippen LogP contribution in [0.25, 0.3) is 0 Å². The molecule has 0 radical (unpaired) electrons. The van der Waals surface area contributed by atoms with Crippen LogP contribution in [0.15, 0.2) is 36.4 Å². The van der Waals surface area contributed by atoms with Crippen molar-refractivity contribution in [3.8, 4) is 23.0 Å². The molecule has 2 aromatic carbocycles. The van der Waals surface area contributed by atoms with Gasteiger partial charge in [0.1, 0.15) is 17.6 Å². The number of hydrogen-bond donors (Lipinski definition) is 3. The lowest BCUT2D eigenvalue weighted by Crippen LogP contribution is -2.17. The third-order valence-electron chi connectivity index (χ3n) is 3.74. The lowest BCUT2D eigenvalue weighted by Gasteiger charge is -2.31. The number of fused-ring (bicyclic) bond motifs is 1. The minimum atomic E-state index is -0.203. The van der Waals surface area contributed by atoms with E-state index in [0.717, 1.165) is 11.1 Å². The number of ether oxygens (including phenoxy) is 1. The molecule has 3 rings (SSSR count). The third kappa shape index (κ3) is 2.03. The molecule has 0 fully saturated rings. The maximum absolute atomic E-state index is 9.91. The van der Waals surface area contributed by atoms with E-state index in [0.29, 0.717) is 12.2 Å². The van der Waals surface area contributed by atoms with Crippen LogP contribution >= 0.6 is 0 Å². The monoisotopic (exact) mass is 272 g/mol. The third-order valence-corrected chi connectivity index (χ3v) is 3.74. The highest BCUT2D eigenvalue weighted by atomic mass is 16.5. The Balaban J connectivity index is 1.97. The first-order chi connectivity index (χ1) is 9.56. The topological polar surface area (TPSA) is 69.9 Å². The van der Waals surface area contributed by atoms with E-state index in [9.17, 15) is 15.3 Å². The van der Waals surface area contributed by atoms with Gasteiger partial charge in [-0.25, -0.2) is 0 Å². The maximum Gasteiger partial charge on any atom is 0.157 e. The first-order valence-corrected chi connectivity index (χ1v) is 6.56. The number of hydrogen-bond acceptors (Lipinski definition) is 4. The predicted octanol–water partition coefficient (Wildman–Crippen LogP) is 3.43. The van der Waals surface area contributed by atoms with Crippen molar-refractivity contribution >= 4 is 0 Å². The molecule has 1 aliphatic rings. The van der Waals surface area contributed by atoms with E-state index in [1.54, 1.807) is 18.2 Å². The second-order valence-electron chi connectivity index (χ2n) is 5.18. The van der Waals surface area contributed by atoms with Gasteiger partial charge in [0.2, 0.25) is 0 Å². The number of phenols is 3.